The molecule has 0 radical (unpaired) electrons. The molecule has 164 valence electrons. The molecule has 1 N–H and O–H groups in total. The number of nitrogens with one attached hydrogen (secondary N) is 1. The third-order valence-electron chi connectivity index (χ3n) is 5.33. The molecule has 0 aliphatic heterocycles. The highest BCUT2D eigenvalue weighted by Gasteiger charge is 2.31. The molecule has 0 bridgehead atoms. The van der Waals surface area contributed by atoms with Crippen molar-refractivity contribution >= 4 is 21.6 Å². The summed E-state index contributed by atoms with van der Waals surface area (Å²) in [5.74, 6) is -0.339. The number of nitrogens with zero attached hydrogens (tertiary/aromatic N) is 1. The van der Waals surface area contributed by atoms with Crippen LogP contribution in [0.2, 0.25) is 0 Å². The lowest BCUT2D eigenvalue weighted by Gasteiger charge is -2.30. The van der Waals surface area contributed by atoms with Crippen LogP contribution in [0.15, 0.2) is 42.5 Å². The van der Waals surface area contributed by atoms with Gasteiger partial charge in [-0.2, -0.15) is 0 Å². The highest BCUT2D eigenvalue weighted by atomic mass is 32.2. The first kappa shape index (κ1) is 23.9. The second-order valence-corrected chi connectivity index (χ2v) is 11.0. The van der Waals surface area contributed by atoms with Gasteiger partial charge in [-0.05, 0) is 61.4 Å². The van der Waals surface area contributed by atoms with Crippen LogP contribution in [0.3, 0.4) is 0 Å². The number of hydrogen-bond acceptors (Lipinski definition) is 3. The Morgan fingerprint density at radius 2 is 1.57 bits per heavy atom. The lowest BCUT2D eigenvalue weighted by molar-refractivity contribution is -0.122. The predicted molar refractivity (Wildman–Crippen MR) is 124 cm³/mol. The Kier molecular flexibility index (Phi) is 7.02. The lowest BCUT2D eigenvalue weighted by Crippen LogP contribution is -2.48. The number of carbonyl (C=O) groups is 1. The van der Waals surface area contributed by atoms with Crippen molar-refractivity contribution in [2.45, 2.75) is 66.0 Å². The molecule has 0 saturated carbocycles. The summed E-state index contributed by atoms with van der Waals surface area (Å²) in [5, 5.41) is 2.97. The highest BCUT2D eigenvalue weighted by Crippen LogP contribution is 2.27. The van der Waals surface area contributed by atoms with Crippen molar-refractivity contribution in [2.24, 2.45) is 0 Å². The van der Waals surface area contributed by atoms with Crippen LogP contribution < -0.4 is 9.62 Å². The van der Waals surface area contributed by atoms with Crippen molar-refractivity contribution in [2.75, 3.05) is 10.6 Å². The van der Waals surface area contributed by atoms with E-state index in [-0.39, 0.29) is 17.4 Å². The van der Waals surface area contributed by atoms with E-state index in [0.29, 0.717) is 5.69 Å². The molecular formula is C24H34N2O3S. The third kappa shape index (κ3) is 5.63. The van der Waals surface area contributed by atoms with Crippen LogP contribution in [-0.4, -0.2) is 26.6 Å². The minimum atomic E-state index is -3.65. The van der Waals surface area contributed by atoms with Gasteiger partial charge >= 0.3 is 0 Å². The summed E-state index contributed by atoms with van der Waals surface area (Å²) in [5.41, 5.74) is 4.52. The summed E-state index contributed by atoms with van der Waals surface area (Å²) >= 11 is 0. The van der Waals surface area contributed by atoms with Gasteiger partial charge in [-0.3, -0.25) is 9.10 Å². The molecule has 2 aromatic rings. The Labute approximate surface area is 181 Å². The van der Waals surface area contributed by atoms with Crippen molar-refractivity contribution in [1.29, 1.82) is 0 Å². The Morgan fingerprint density at radius 1 is 1.00 bits per heavy atom. The monoisotopic (exact) mass is 430 g/mol. The van der Waals surface area contributed by atoms with Crippen molar-refractivity contribution in [3.05, 3.63) is 64.7 Å². The Hall–Kier alpha value is -2.34. The van der Waals surface area contributed by atoms with E-state index >= 15 is 0 Å². The molecule has 0 unspecified atom stereocenters. The number of benzene rings is 2. The average molecular weight is 431 g/mol. The van der Waals surface area contributed by atoms with Crippen LogP contribution >= 0.6 is 0 Å². The van der Waals surface area contributed by atoms with Gasteiger partial charge in [-0.25, -0.2) is 8.42 Å². The smallest absolute Gasteiger partial charge is 0.244 e. The van der Waals surface area contributed by atoms with E-state index in [1.807, 2.05) is 45.0 Å². The topological polar surface area (TPSA) is 66.5 Å². The van der Waals surface area contributed by atoms with E-state index in [1.165, 1.54) is 9.87 Å². The molecule has 6 heteroatoms. The summed E-state index contributed by atoms with van der Waals surface area (Å²) < 4.78 is 26.4. The Morgan fingerprint density at radius 3 is 2.07 bits per heavy atom. The molecule has 0 spiro atoms. The largest absolute Gasteiger partial charge is 0.348 e. The zero-order valence-electron chi connectivity index (χ0n) is 19.3. The summed E-state index contributed by atoms with van der Waals surface area (Å²) in [7, 11) is -3.65. The van der Waals surface area contributed by atoms with Crippen LogP contribution in [0.25, 0.3) is 0 Å². The standard InChI is InChI=1S/C24H34N2O3S/c1-16-9-10-17(2)22(15-16)26(30(8,28)29)19(4)23(27)25-18(3)20-11-13-21(14-12-20)24(5,6)7/h9-15,18-19H,1-8H3,(H,25,27)/t18-,19-/m0/s1. The van der Waals surface area contributed by atoms with E-state index in [1.54, 1.807) is 13.0 Å². The molecule has 0 aliphatic carbocycles. The maximum atomic E-state index is 13.0. The minimum absolute atomic E-state index is 0.0567. The van der Waals surface area contributed by atoms with Crippen LogP contribution in [0.1, 0.15) is 62.9 Å². The van der Waals surface area contributed by atoms with Gasteiger partial charge < -0.3 is 5.32 Å². The van der Waals surface area contributed by atoms with E-state index < -0.39 is 16.1 Å². The molecule has 0 fully saturated rings. The van der Waals surface area contributed by atoms with Gasteiger partial charge in [0.05, 0.1) is 18.0 Å². The molecule has 0 heterocycles. The number of amides is 1. The minimum Gasteiger partial charge on any atom is -0.348 e. The molecule has 2 atom stereocenters. The summed E-state index contributed by atoms with van der Waals surface area (Å²) in [4.78, 5) is 13.0. The quantitative estimate of drug-likeness (QED) is 0.726. The van der Waals surface area contributed by atoms with E-state index in [9.17, 15) is 13.2 Å². The first-order valence-corrected chi connectivity index (χ1v) is 12.0. The van der Waals surface area contributed by atoms with Gasteiger partial charge in [-0.1, -0.05) is 57.2 Å². The predicted octanol–water partition coefficient (Wildman–Crippen LogP) is 4.63. The second-order valence-electron chi connectivity index (χ2n) is 9.13. The van der Waals surface area contributed by atoms with Gasteiger partial charge in [0.1, 0.15) is 6.04 Å². The fraction of sp³-hybridized carbons (Fsp3) is 0.458. The zero-order valence-corrected chi connectivity index (χ0v) is 20.1. The van der Waals surface area contributed by atoms with Crippen molar-refractivity contribution in [3.8, 4) is 0 Å². The SMILES string of the molecule is Cc1ccc(C)c(N([C@@H](C)C(=O)N[C@@H](C)c2ccc(C(C)(C)C)cc2)S(C)(=O)=O)c1. The van der Waals surface area contributed by atoms with Gasteiger partial charge in [0.2, 0.25) is 15.9 Å². The van der Waals surface area contributed by atoms with Crippen LogP contribution in [0.5, 0.6) is 0 Å². The molecular weight excluding hydrogens is 396 g/mol. The fourth-order valence-electron chi connectivity index (χ4n) is 3.43. The van der Waals surface area contributed by atoms with E-state index in [2.05, 4.69) is 38.2 Å². The number of rotatable bonds is 6. The van der Waals surface area contributed by atoms with Gasteiger partial charge in [0, 0.05) is 0 Å². The maximum Gasteiger partial charge on any atom is 0.244 e. The van der Waals surface area contributed by atoms with Crippen molar-refractivity contribution in [3.63, 3.8) is 0 Å². The van der Waals surface area contributed by atoms with Crippen LogP contribution in [-0.2, 0) is 20.2 Å². The van der Waals surface area contributed by atoms with Crippen molar-refractivity contribution < 1.29 is 13.2 Å². The van der Waals surface area contributed by atoms with Gasteiger partial charge in [-0.15, -0.1) is 0 Å². The molecule has 2 rings (SSSR count). The average Bonchev–Trinajstić information content (AvgIpc) is 2.62. The van der Waals surface area contributed by atoms with Gasteiger partial charge in [0.15, 0.2) is 0 Å². The molecule has 0 saturated heterocycles. The second kappa shape index (κ2) is 8.80. The zero-order chi connectivity index (χ0) is 22.9. The fourth-order valence-corrected chi connectivity index (χ4v) is 4.65. The van der Waals surface area contributed by atoms with Gasteiger partial charge in [0.25, 0.3) is 0 Å². The first-order valence-electron chi connectivity index (χ1n) is 10.2. The number of aryl methyl sites for hydroxylation is 2. The molecule has 2 aromatic carbocycles. The highest BCUT2D eigenvalue weighted by molar-refractivity contribution is 7.92. The molecule has 5 nitrogen and oxygen atoms in total. The molecule has 0 aliphatic rings. The summed E-state index contributed by atoms with van der Waals surface area (Å²) in [6.07, 6.45) is 1.13. The number of carbonyl (C=O) groups excluding carboxylic acids is 1. The first-order chi connectivity index (χ1) is 13.7. The third-order valence-corrected chi connectivity index (χ3v) is 6.55. The normalized spacial score (nSPS) is 14.1. The van der Waals surface area contributed by atoms with Crippen LogP contribution in [0.4, 0.5) is 5.69 Å². The Bertz CT molecular complexity index is 1010. The molecule has 1 amide bonds. The Balaban J connectivity index is 2.26. The molecule has 0 aromatic heterocycles. The summed E-state index contributed by atoms with van der Waals surface area (Å²) in [6, 6.07) is 12.6. The molecule has 30 heavy (non-hydrogen) atoms. The van der Waals surface area contributed by atoms with E-state index in [4.69, 9.17) is 0 Å². The van der Waals surface area contributed by atoms with E-state index in [0.717, 1.165) is 22.9 Å². The maximum absolute atomic E-state index is 13.0. The number of sulfonamides is 1. The summed E-state index contributed by atoms with van der Waals surface area (Å²) in [6.45, 7) is 13.7. The number of anilines is 1. The van der Waals surface area contributed by atoms with Crippen LogP contribution in [0, 0.1) is 13.8 Å². The van der Waals surface area contributed by atoms with Crippen molar-refractivity contribution in [1.82, 2.24) is 5.32 Å². The lowest BCUT2D eigenvalue weighted by atomic mass is 9.86. The number of hydrogen-bond donors (Lipinski definition) is 1.